The van der Waals surface area contributed by atoms with Crippen molar-refractivity contribution in [3.63, 3.8) is 0 Å². The van der Waals surface area contributed by atoms with Gasteiger partial charge in [0.15, 0.2) is 0 Å². The molecule has 0 saturated heterocycles. The summed E-state index contributed by atoms with van der Waals surface area (Å²) in [6, 6.07) is 7.50. The molecule has 1 fully saturated rings. The second-order valence-electron chi connectivity index (χ2n) is 5.18. The van der Waals surface area contributed by atoms with Gasteiger partial charge in [0.25, 0.3) is 5.92 Å². The van der Waals surface area contributed by atoms with E-state index in [2.05, 4.69) is 5.32 Å². The fourth-order valence-corrected chi connectivity index (χ4v) is 2.00. The van der Waals surface area contributed by atoms with E-state index < -0.39 is 11.5 Å². The molecule has 1 aromatic rings. The molecule has 0 unspecified atom stereocenters. The number of halogens is 2. The summed E-state index contributed by atoms with van der Waals surface area (Å²) in [5.41, 5.74) is 0.653. The van der Waals surface area contributed by atoms with E-state index in [1.54, 1.807) is 0 Å². The zero-order chi connectivity index (χ0) is 13.4. The fourth-order valence-electron chi connectivity index (χ4n) is 2.00. The molecule has 1 aromatic carbocycles. The highest BCUT2D eigenvalue weighted by molar-refractivity contribution is 5.80. The Labute approximate surface area is 105 Å². The molecule has 2 nitrogen and oxygen atoms in total. The lowest BCUT2D eigenvalue weighted by atomic mass is 10.1. The van der Waals surface area contributed by atoms with Gasteiger partial charge in [0, 0.05) is 6.92 Å². The molecule has 18 heavy (non-hydrogen) atoms. The predicted molar refractivity (Wildman–Crippen MR) is 65.6 cm³/mol. The second-order valence-corrected chi connectivity index (χ2v) is 5.18. The van der Waals surface area contributed by atoms with Gasteiger partial charge < -0.3 is 5.32 Å². The van der Waals surface area contributed by atoms with E-state index in [1.165, 1.54) is 0 Å². The number of rotatable bonds is 4. The first-order valence-electron chi connectivity index (χ1n) is 6.07. The molecule has 1 N–H and O–H groups in total. The molecule has 1 amide bonds. The Morgan fingerprint density at radius 2 is 1.89 bits per heavy atom. The molecule has 1 saturated carbocycles. The normalized spacial score (nSPS) is 17.3. The van der Waals surface area contributed by atoms with E-state index in [4.69, 9.17) is 0 Å². The van der Waals surface area contributed by atoms with Crippen LogP contribution in [0.1, 0.15) is 30.9 Å². The van der Waals surface area contributed by atoms with Crippen molar-refractivity contribution in [2.75, 3.05) is 0 Å². The molecule has 98 valence electrons. The number of benzene rings is 1. The standard InChI is InChI=1S/C14H17F2NO/c1-10-3-5-11(6-4-10)9-12(18)17-14(7-8-14)13(2,15)16/h3-6H,7-9H2,1-2H3,(H,17,18). The molecule has 1 aliphatic carbocycles. The summed E-state index contributed by atoms with van der Waals surface area (Å²) in [5.74, 6) is -3.19. The van der Waals surface area contributed by atoms with Gasteiger partial charge in [-0.1, -0.05) is 29.8 Å². The molecular weight excluding hydrogens is 236 g/mol. The van der Waals surface area contributed by atoms with Crippen molar-refractivity contribution in [2.45, 2.75) is 44.6 Å². The lowest BCUT2D eigenvalue weighted by Crippen LogP contribution is -2.49. The third kappa shape index (κ3) is 2.68. The van der Waals surface area contributed by atoms with Crippen LogP contribution in [0.3, 0.4) is 0 Å². The minimum absolute atomic E-state index is 0.151. The summed E-state index contributed by atoms with van der Waals surface area (Å²) in [5, 5.41) is 2.48. The number of nitrogens with one attached hydrogen (secondary N) is 1. The first-order valence-corrected chi connectivity index (χ1v) is 6.07. The number of hydrogen-bond donors (Lipinski definition) is 1. The second kappa shape index (κ2) is 4.34. The Bertz CT molecular complexity index is 444. The zero-order valence-corrected chi connectivity index (χ0v) is 10.6. The zero-order valence-electron chi connectivity index (χ0n) is 10.6. The van der Waals surface area contributed by atoms with Crippen molar-refractivity contribution < 1.29 is 13.6 Å². The summed E-state index contributed by atoms with van der Waals surface area (Å²) in [6.07, 6.45) is 0.865. The van der Waals surface area contributed by atoms with Crippen molar-refractivity contribution >= 4 is 5.91 Å². The molecule has 2 rings (SSSR count). The Morgan fingerprint density at radius 3 is 2.33 bits per heavy atom. The molecular formula is C14H17F2NO. The van der Waals surface area contributed by atoms with Gasteiger partial charge in [0.05, 0.1) is 6.42 Å². The lowest BCUT2D eigenvalue weighted by molar-refractivity contribution is -0.125. The van der Waals surface area contributed by atoms with E-state index in [-0.39, 0.29) is 12.3 Å². The average Bonchev–Trinajstić information content (AvgIpc) is 3.01. The fraction of sp³-hybridized carbons (Fsp3) is 0.500. The van der Waals surface area contributed by atoms with Crippen molar-refractivity contribution in [2.24, 2.45) is 0 Å². The van der Waals surface area contributed by atoms with E-state index in [0.717, 1.165) is 18.1 Å². The van der Waals surface area contributed by atoms with Gasteiger partial charge in [0.2, 0.25) is 5.91 Å². The number of carbonyl (C=O) groups is 1. The van der Waals surface area contributed by atoms with Gasteiger partial charge in [-0.3, -0.25) is 4.79 Å². The summed E-state index contributed by atoms with van der Waals surface area (Å²) in [4.78, 5) is 11.8. The van der Waals surface area contributed by atoms with Crippen LogP contribution in [-0.2, 0) is 11.2 Å². The lowest BCUT2D eigenvalue weighted by Gasteiger charge is -2.24. The molecule has 4 heteroatoms. The van der Waals surface area contributed by atoms with Crippen molar-refractivity contribution in [3.05, 3.63) is 35.4 Å². The van der Waals surface area contributed by atoms with E-state index in [9.17, 15) is 13.6 Å². The minimum atomic E-state index is -2.85. The molecule has 0 bridgehead atoms. The van der Waals surface area contributed by atoms with Crippen LogP contribution in [0.25, 0.3) is 0 Å². The Kier molecular flexibility index (Phi) is 3.13. The van der Waals surface area contributed by atoms with Crippen LogP contribution in [0, 0.1) is 6.92 Å². The third-order valence-electron chi connectivity index (χ3n) is 3.45. The van der Waals surface area contributed by atoms with Gasteiger partial charge in [-0.05, 0) is 25.3 Å². The Hall–Kier alpha value is -1.45. The SMILES string of the molecule is Cc1ccc(CC(=O)NC2(C(C)(F)F)CC2)cc1. The maximum Gasteiger partial charge on any atom is 0.267 e. The van der Waals surface area contributed by atoms with Crippen LogP contribution < -0.4 is 5.32 Å². The predicted octanol–water partition coefficient (Wildman–Crippen LogP) is 2.84. The highest BCUT2D eigenvalue weighted by atomic mass is 19.3. The molecule has 0 atom stereocenters. The van der Waals surface area contributed by atoms with Crippen LogP contribution in [-0.4, -0.2) is 17.4 Å². The molecule has 0 aliphatic heterocycles. The maximum absolute atomic E-state index is 13.3. The van der Waals surface area contributed by atoms with Gasteiger partial charge in [0.1, 0.15) is 5.54 Å². The monoisotopic (exact) mass is 253 g/mol. The number of aryl methyl sites for hydroxylation is 1. The maximum atomic E-state index is 13.3. The van der Waals surface area contributed by atoms with Gasteiger partial charge in [-0.2, -0.15) is 0 Å². The van der Waals surface area contributed by atoms with Crippen LogP contribution in [0.15, 0.2) is 24.3 Å². The molecule has 0 spiro atoms. The van der Waals surface area contributed by atoms with Crippen LogP contribution in [0.2, 0.25) is 0 Å². The minimum Gasteiger partial charge on any atom is -0.344 e. The number of hydrogen-bond acceptors (Lipinski definition) is 1. The number of carbonyl (C=O) groups excluding carboxylic acids is 1. The van der Waals surface area contributed by atoms with Crippen LogP contribution in [0.4, 0.5) is 8.78 Å². The summed E-state index contributed by atoms with van der Waals surface area (Å²) in [6.45, 7) is 2.83. The summed E-state index contributed by atoms with van der Waals surface area (Å²) >= 11 is 0. The summed E-state index contributed by atoms with van der Waals surface area (Å²) < 4.78 is 26.6. The van der Waals surface area contributed by atoms with Gasteiger partial charge >= 0.3 is 0 Å². The highest BCUT2D eigenvalue weighted by Gasteiger charge is 2.59. The first kappa shape index (κ1) is 13.0. The topological polar surface area (TPSA) is 29.1 Å². The smallest absolute Gasteiger partial charge is 0.267 e. The number of amides is 1. The molecule has 0 radical (unpaired) electrons. The largest absolute Gasteiger partial charge is 0.344 e. The average molecular weight is 253 g/mol. The van der Waals surface area contributed by atoms with Crippen LogP contribution >= 0.6 is 0 Å². The van der Waals surface area contributed by atoms with E-state index >= 15 is 0 Å². The summed E-state index contributed by atoms with van der Waals surface area (Å²) in [7, 11) is 0. The first-order chi connectivity index (χ1) is 8.32. The van der Waals surface area contributed by atoms with Gasteiger partial charge in [-0.25, -0.2) is 8.78 Å². The Morgan fingerprint density at radius 1 is 1.33 bits per heavy atom. The molecule has 0 heterocycles. The quantitative estimate of drug-likeness (QED) is 0.878. The van der Waals surface area contributed by atoms with E-state index in [0.29, 0.717) is 12.8 Å². The van der Waals surface area contributed by atoms with E-state index in [1.807, 2.05) is 31.2 Å². The van der Waals surface area contributed by atoms with Crippen molar-refractivity contribution in [1.29, 1.82) is 0 Å². The van der Waals surface area contributed by atoms with Gasteiger partial charge in [-0.15, -0.1) is 0 Å². The molecule has 1 aliphatic rings. The highest BCUT2D eigenvalue weighted by Crippen LogP contribution is 2.47. The molecule has 0 aromatic heterocycles. The Balaban J connectivity index is 1.96. The van der Waals surface area contributed by atoms with Crippen LogP contribution in [0.5, 0.6) is 0 Å². The third-order valence-corrected chi connectivity index (χ3v) is 3.45. The van der Waals surface area contributed by atoms with Crippen molar-refractivity contribution in [1.82, 2.24) is 5.32 Å². The van der Waals surface area contributed by atoms with Crippen molar-refractivity contribution in [3.8, 4) is 0 Å². The number of alkyl halides is 2.